The van der Waals surface area contributed by atoms with Gasteiger partial charge >= 0.3 is 5.76 Å². The number of piperazine rings is 1. The molecule has 1 amide bonds. The van der Waals surface area contributed by atoms with Gasteiger partial charge < -0.3 is 13.7 Å². The molecule has 0 unspecified atom stereocenters. The van der Waals surface area contributed by atoms with Gasteiger partial charge in [-0.15, -0.1) is 0 Å². The lowest BCUT2D eigenvalue weighted by molar-refractivity contribution is -0.127. The molecule has 1 aliphatic rings. The Labute approximate surface area is 172 Å². The highest BCUT2D eigenvalue weighted by Crippen LogP contribution is 2.22. The van der Waals surface area contributed by atoms with Crippen LogP contribution in [0.2, 0.25) is 0 Å². The molecule has 1 saturated heterocycles. The number of furan rings is 1. The minimum absolute atomic E-state index is 0.0597. The Morgan fingerprint density at radius 3 is 2.60 bits per heavy atom. The van der Waals surface area contributed by atoms with Gasteiger partial charge in [0.25, 0.3) is 0 Å². The first kappa shape index (κ1) is 20.2. The summed E-state index contributed by atoms with van der Waals surface area (Å²) < 4.78 is 39.1. The largest absolute Gasteiger partial charge is 0.465 e. The fourth-order valence-electron chi connectivity index (χ4n) is 3.45. The Kier molecular flexibility index (Phi) is 5.35. The summed E-state index contributed by atoms with van der Waals surface area (Å²) in [5.74, 6) is -0.146. The molecule has 0 aliphatic carbocycles. The van der Waals surface area contributed by atoms with Gasteiger partial charge in [-0.25, -0.2) is 13.2 Å². The average molecular weight is 431 g/mol. The lowest BCUT2D eigenvalue weighted by atomic mass is 10.3. The first-order chi connectivity index (χ1) is 14.4. The highest BCUT2D eigenvalue weighted by atomic mass is 32.2. The summed E-state index contributed by atoms with van der Waals surface area (Å²) in [6.07, 6.45) is 4.52. The van der Waals surface area contributed by atoms with Crippen molar-refractivity contribution < 1.29 is 22.0 Å². The van der Waals surface area contributed by atoms with Crippen LogP contribution in [0.4, 0.5) is 0 Å². The van der Waals surface area contributed by atoms with Gasteiger partial charge in [-0.2, -0.15) is 4.31 Å². The first-order valence-corrected chi connectivity index (χ1v) is 11.0. The van der Waals surface area contributed by atoms with Crippen LogP contribution in [0.3, 0.4) is 0 Å². The molecule has 10 heteroatoms. The molecule has 0 radical (unpaired) electrons. The number of hydrogen-bond acceptors (Lipinski definition) is 6. The lowest BCUT2D eigenvalue weighted by Gasteiger charge is -2.33. The molecule has 0 N–H and O–H groups in total. The molecule has 0 saturated carbocycles. The molecule has 1 fully saturated rings. The summed E-state index contributed by atoms with van der Waals surface area (Å²) in [5.41, 5.74) is 0.792. The van der Waals surface area contributed by atoms with E-state index < -0.39 is 15.8 Å². The maximum absolute atomic E-state index is 13.0. The fraction of sp³-hybridized carbons (Fsp3) is 0.300. The lowest BCUT2D eigenvalue weighted by Crippen LogP contribution is -2.50. The second-order valence-corrected chi connectivity index (χ2v) is 8.76. The Morgan fingerprint density at radius 1 is 1.17 bits per heavy atom. The third-order valence-corrected chi connectivity index (χ3v) is 6.97. The van der Waals surface area contributed by atoms with Gasteiger partial charge in [0, 0.05) is 44.9 Å². The molecule has 3 heterocycles. The SMILES string of the molecule is CCn1c(=O)oc2cc(S(=O)(=O)N3CCN(C(=O)/C=C/c4ccco4)CC3)ccc21. The maximum atomic E-state index is 13.0. The van der Waals surface area contributed by atoms with Gasteiger partial charge in [0.05, 0.1) is 16.7 Å². The van der Waals surface area contributed by atoms with Gasteiger partial charge in [-0.3, -0.25) is 9.36 Å². The van der Waals surface area contributed by atoms with Crippen molar-refractivity contribution in [3.05, 3.63) is 59.0 Å². The van der Waals surface area contributed by atoms with Crippen molar-refractivity contribution in [1.29, 1.82) is 0 Å². The van der Waals surface area contributed by atoms with Gasteiger partial charge in [-0.05, 0) is 37.3 Å². The van der Waals surface area contributed by atoms with E-state index in [1.165, 1.54) is 33.3 Å². The normalized spacial score (nSPS) is 16.0. The maximum Gasteiger partial charge on any atom is 0.419 e. The number of aromatic nitrogens is 1. The molecule has 1 aromatic carbocycles. The molecule has 9 nitrogen and oxygen atoms in total. The molecule has 158 valence electrons. The van der Waals surface area contributed by atoms with E-state index in [0.717, 1.165) is 0 Å². The predicted molar refractivity (Wildman–Crippen MR) is 109 cm³/mol. The number of hydrogen-bond donors (Lipinski definition) is 0. The van der Waals surface area contributed by atoms with Crippen LogP contribution in [-0.2, 0) is 21.4 Å². The number of sulfonamides is 1. The van der Waals surface area contributed by atoms with Crippen LogP contribution in [-0.4, -0.2) is 54.3 Å². The van der Waals surface area contributed by atoms with E-state index in [1.807, 2.05) is 6.92 Å². The minimum Gasteiger partial charge on any atom is -0.465 e. The number of aryl methyl sites for hydroxylation is 1. The van der Waals surface area contributed by atoms with Crippen molar-refractivity contribution in [2.24, 2.45) is 0 Å². The van der Waals surface area contributed by atoms with E-state index in [1.54, 1.807) is 29.2 Å². The van der Waals surface area contributed by atoms with Crippen LogP contribution in [0, 0.1) is 0 Å². The Balaban J connectivity index is 1.46. The first-order valence-electron chi connectivity index (χ1n) is 9.54. The Morgan fingerprint density at radius 2 is 1.93 bits per heavy atom. The quantitative estimate of drug-likeness (QED) is 0.570. The Bertz CT molecular complexity index is 1250. The number of rotatable bonds is 5. The summed E-state index contributed by atoms with van der Waals surface area (Å²) in [6.45, 7) is 3.17. The van der Waals surface area contributed by atoms with Crippen molar-refractivity contribution in [3.8, 4) is 0 Å². The molecule has 0 spiro atoms. The summed E-state index contributed by atoms with van der Waals surface area (Å²) >= 11 is 0. The third kappa shape index (κ3) is 3.71. The number of amides is 1. The molecular formula is C20H21N3O6S. The van der Waals surface area contributed by atoms with Crippen molar-refractivity contribution >= 4 is 33.1 Å². The van der Waals surface area contributed by atoms with E-state index in [2.05, 4.69) is 0 Å². The number of nitrogens with zero attached hydrogens (tertiary/aromatic N) is 3. The van der Waals surface area contributed by atoms with Gasteiger partial charge in [0.15, 0.2) is 5.58 Å². The molecular weight excluding hydrogens is 410 g/mol. The number of carbonyl (C=O) groups is 1. The van der Waals surface area contributed by atoms with Crippen molar-refractivity contribution in [3.63, 3.8) is 0 Å². The number of fused-ring (bicyclic) bond motifs is 1. The van der Waals surface area contributed by atoms with Crippen LogP contribution >= 0.6 is 0 Å². The monoisotopic (exact) mass is 431 g/mol. The molecule has 0 bridgehead atoms. The third-order valence-electron chi connectivity index (χ3n) is 5.08. The Hall–Kier alpha value is -3.11. The van der Waals surface area contributed by atoms with Gasteiger partial charge in [0.2, 0.25) is 15.9 Å². The minimum atomic E-state index is -3.77. The summed E-state index contributed by atoms with van der Waals surface area (Å²) in [4.78, 5) is 25.8. The highest BCUT2D eigenvalue weighted by Gasteiger charge is 2.30. The van der Waals surface area contributed by atoms with Gasteiger partial charge in [-0.1, -0.05) is 0 Å². The molecule has 0 atom stereocenters. The standard InChI is InChI=1S/C20H21N3O6S/c1-2-23-17-7-6-16(14-18(17)29-20(23)25)30(26,27)22-11-9-21(10-12-22)19(24)8-5-15-4-3-13-28-15/h3-8,13-14H,2,9-12H2,1H3/b8-5+. The van der Waals surface area contributed by atoms with Crippen LogP contribution in [0.25, 0.3) is 17.2 Å². The van der Waals surface area contributed by atoms with Crippen LogP contribution in [0.1, 0.15) is 12.7 Å². The van der Waals surface area contributed by atoms with Crippen LogP contribution in [0.15, 0.2) is 61.2 Å². The molecule has 1 aliphatic heterocycles. The predicted octanol–water partition coefficient (Wildman–Crippen LogP) is 1.75. The van der Waals surface area contributed by atoms with Crippen molar-refractivity contribution in [2.75, 3.05) is 26.2 Å². The van der Waals surface area contributed by atoms with E-state index in [9.17, 15) is 18.0 Å². The van der Waals surface area contributed by atoms with Gasteiger partial charge in [0.1, 0.15) is 5.76 Å². The van der Waals surface area contributed by atoms with E-state index in [4.69, 9.17) is 8.83 Å². The molecule has 30 heavy (non-hydrogen) atoms. The zero-order chi connectivity index (χ0) is 21.3. The topological polar surface area (TPSA) is 106 Å². The number of oxazole rings is 1. The number of carbonyl (C=O) groups excluding carboxylic acids is 1. The van der Waals surface area contributed by atoms with Crippen LogP contribution < -0.4 is 5.76 Å². The second-order valence-electron chi connectivity index (χ2n) is 6.82. The molecule has 2 aromatic heterocycles. The highest BCUT2D eigenvalue weighted by molar-refractivity contribution is 7.89. The second kappa shape index (κ2) is 7.96. The molecule has 4 rings (SSSR count). The fourth-order valence-corrected chi connectivity index (χ4v) is 4.89. The smallest absolute Gasteiger partial charge is 0.419 e. The summed E-state index contributed by atoms with van der Waals surface area (Å²) in [5, 5.41) is 0. The average Bonchev–Trinajstić information content (AvgIpc) is 3.38. The van der Waals surface area contributed by atoms with E-state index in [-0.39, 0.29) is 42.6 Å². The van der Waals surface area contributed by atoms with Crippen LogP contribution in [0.5, 0.6) is 0 Å². The zero-order valence-corrected chi connectivity index (χ0v) is 17.2. The zero-order valence-electron chi connectivity index (χ0n) is 16.4. The summed E-state index contributed by atoms with van der Waals surface area (Å²) in [7, 11) is -3.77. The summed E-state index contributed by atoms with van der Waals surface area (Å²) in [6, 6.07) is 7.90. The van der Waals surface area contributed by atoms with Crippen molar-refractivity contribution in [1.82, 2.24) is 13.8 Å². The van der Waals surface area contributed by atoms with E-state index >= 15 is 0 Å². The number of benzene rings is 1. The van der Waals surface area contributed by atoms with Crippen molar-refractivity contribution in [2.45, 2.75) is 18.4 Å². The van der Waals surface area contributed by atoms with E-state index in [0.29, 0.717) is 17.8 Å². The molecule has 3 aromatic rings.